The molecule has 4 N–H and O–H groups in total. The fourth-order valence-electron chi connectivity index (χ4n) is 6.77. The van der Waals surface area contributed by atoms with Crippen molar-refractivity contribution in [1.29, 1.82) is 0 Å². The van der Waals surface area contributed by atoms with E-state index in [2.05, 4.69) is 6.92 Å². The zero-order valence-corrected chi connectivity index (χ0v) is 28.3. The fraction of sp³-hybridized carbons (Fsp3) is 0.919. The van der Waals surface area contributed by atoms with Gasteiger partial charge in [-0.1, -0.05) is 116 Å². The Balaban J connectivity index is 1.38. The lowest BCUT2D eigenvalue weighted by atomic mass is 9.99. The molecule has 0 aliphatic carbocycles. The number of rotatable bonds is 28. The molecule has 0 aromatic heterocycles. The SMILES string of the molecule is CCCCCCCCCCCCC(O)[C@@H]1CC[C@H](C(O)CCCCCCC(O)CCCCC[C@@H](O)CC2=C[C@H](C)OC2=O)O1. The van der Waals surface area contributed by atoms with Crippen LogP contribution >= 0.6 is 0 Å². The lowest BCUT2D eigenvalue weighted by Gasteiger charge is -2.22. The van der Waals surface area contributed by atoms with Crippen LogP contribution in [0.5, 0.6) is 0 Å². The highest BCUT2D eigenvalue weighted by Crippen LogP contribution is 2.28. The van der Waals surface area contributed by atoms with E-state index in [1.807, 2.05) is 6.92 Å². The molecule has 0 bridgehead atoms. The molecule has 0 amide bonds. The standard InChI is InChI=1S/C37H68O7/c1-3-4-5-6-7-8-9-10-11-18-23-33(40)35-25-26-36(44-35)34(41)24-19-13-12-15-20-31(38)21-16-14-17-22-32(39)28-30-27-29(2)43-37(30)42/h27,29,31-36,38-41H,3-26,28H2,1-2H3/t29-,31?,32+,33?,34?,35-,36+/m0/s1. The minimum Gasteiger partial charge on any atom is -0.455 e. The van der Waals surface area contributed by atoms with Gasteiger partial charge in [0.1, 0.15) is 6.10 Å². The molecule has 44 heavy (non-hydrogen) atoms. The molecule has 3 unspecified atom stereocenters. The zero-order chi connectivity index (χ0) is 32.0. The molecule has 0 saturated carbocycles. The summed E-state index contributed by atoms with van der Waals surface area (Å²) < 4.78 is 11.1. The van der Waals surface area contributed by atoms with Gasteiger partial charge >= 0.3 is 5.97 Å². The maximum absolute atomic E-state index is 11.7. The number of carbonyl (C=O) groups is 1. The zero-order valence-electron chi connectivity index (χ0n) is 28.3. The average molecular weight is 625 g/mol. The first kappa shape index (κ1) is 39.2. The van der Waals surface area contributed by atoms with E-state index in [-0.39, 0.29) is 30.4 Å². The van der Waals surface area contributed by atoms with E-state index in [1.165, 1.54) is 57.8 Å². The summed E-state index contributed by atoms with van der Waals surface area (Å²) >= 11 is 0. The van der Waals surface area contributed by atoms with Gasteiger partial charge in [-0.2, -0.15) is 0 Å². The molecule has 0 aromatic rings. The molecule has 1 saturated heterocycles. The third kappa shape index (κ3) is 17.6. The molecule has 0 spiro atoms. The predicted octanol–water partition coefficient (Wildman–Crippen LogP) is 7.84. The number of unbranched alkanes of at least 4 members (excludes halogenated alkanes) is 14. The van der Waals surface area contributed by atoms with Gasteiger partial charge in [-0.3, -0.25) is 0 Å². The van der Waals surface area contributed by atoms with Crippen molar-refractivity contribution in [3.05, 3.63) is 11.6 Å². The molecule has 7 atom stereocenters. The van der Waals surface area contributed by atoms with Crippen molar-refractivity contribution < 1.29 is 34.7 Å². The minimum atomic E-state index is -0.519. The second-order valence-corrected chi connectivity index (χ2v) is 13.8. The van der Waals surface area contributed by atoms with E-state index < -0.39 is 18.3 Å². The number of carbonyl (C=O) groups excluding carboxylic acids is 1. The largest absolute Gasteiger partial charge is 0.455 e. The van der Waals surface area contributed by atoms with Gasteiger partial charge in [0.2, 0.25) is 0 Å². The highest BCUT2D eigenvalue weighted by molar-refractivity contribution is 5.90. The Morgan fingerprint density at radius 1 is 0.636 bits per heavy atom. The normalized spacial score (nSPS) is 23.0. The van der Waals surface area contributed by atoms with E-state index in [1.54, 1.807) is 6.08 Å². The molecule has 2 heterocycles. The summed E-state index contributed by atoms with van der Waals surface area (Å²) in [5, 5.41) is 41.7. The Labute approximate surface area is 269 Å². The van der Waals surface area contributed by atoms with Gasteiger partial charge < -0.3 is 29.9 Å². The molecule has 2 rings (SSSR count). The molecule has 0 aromatic carbocycles. The summed E-state index contributed by atoms with van der Waals surface area (Å²) in [4.78, 5) is 11.7. The average Bonchev–Trinajstić information content (AvgIpc) is 3.61. The van der Waals surface area contributed by atoms with E-state index in [0.29, 0.717) is 18.4 Å². The smallest absolute Gasteiger partial charge is 0.334 e. The van der Waals surface area contributed by atoms with Gasteiger partial charge in [-0.25, -0.2) is 4.79 Å². The van der Waals surface area contributed by atoms with E-state index in [4.69, 9.17) is 9.47 Å². The van der Waals surface area contributed by atoms with Gasteiger partial charge in [-0.05, 0) is 57.9 Å². The number of hydrogen-bond acceptors (Lipinski definition) is 7. The summed E-state index contributed by atoms with van der Waals surface area (Å²) in [5.41, 5.74) is 0.584. The van der Waals surface area contributed by atoms with Crippen LogP contribution in [-0.2, 0) is 14.3 Å². The Bertz CT molecular complexity index is 756. The van der Waals surface area contributed by atoms with Crippen LogP contribution in [0, 0.1) is 0 Å². The van der Waals surface area contributed by atoms with Gasteiger partial charge in [0.05, 0.1) is 36.6 Å². The van der Waals surface area contributed by atoms with E-state index >= 15 is 0 Å². The van der Waals surface area contributed by atoms with Crippen molar-refractivity contribution in [3.63, 3.8) is 0 Å². The second-order valence-electron chi connectivity index (χ2n) is 13.8. The predicted molar refractivity (Wildman–Crippen MR) is 177 cm³/mol. The summed E-state index contributed by atoms with van der Waals surface area (Å²) in [6, 6.07) is 0. The summed E-state index contributed by atoms with van der Waals surface area (Å²) in [6.45, 7) is 4.08. The van der Waals surface area contributed by atoms with Crippen LogP contribution in [0.25, 0.3) is 0 Å². The Morgan fingerprint density at radius 3 is 1.50 bits per heavy atom. The third-order valence-electron chi connectivity index (χ3n) is 9.61. The van der Waals surface area contributed by atoms with E-state index in [0.717, 1.165) is 89.9 Å². The number of aliphatic hydroxyl groups is 4. The molecule has 258 valence electrons. The minimum absolute atomic E-state index is 0.126. The number of esters is 1. The van der Waals surface area contributed by atoms with Crippen molar-refractivity contribution >= 4 is 5.97 Å². The van der Waals surface area contributed by atoms with Crippen molar-refractivity contribution in [2.24, 2.45) is 0 Å². The Morgan fingerprint density at radius 2 is 1.05 bits per heavy atom. The molecule has 1 fully saturated rings. The number of hydrogen-bond donors (Lipinski definition) is 4. The van der Waals surface area contributed by atoms with Gasteiger partial charge in [0, 0.05) is 12.0 Å². The Kier molecular flexibility index (Phi) is 21.6. The lowest BCUT2D eigenvalue weighted by molar-refractivity contribution is -0.139. The summed E-state index contributed by atoms with van der Waals surface area (Å²) in [5.74, 6) is -0.308. The maximum atomic E-state index is 11.7. The van der Waals surface area contributed by atoms with Crippen LogP contribution in [0.1, 0.15) is 174 Å². The molecular weight excluding hydrogens is 556 g/mol. The molecule has 7 heteroatoms. The number of ether oxygens (including phenoxy) is 2. The van der Waals surface area contributed by atoms with Crippen LogP contribution < -0.4 is 0 Å². The fourth-order valence-corrected chi connectivity index (χ4v) is 6.77. The lowest BCUT2D eigenvalue weighted by Crippen LogP contribution is -2.31. The van der Waals surface area contributed by atoms with Crippen molar-refractivity contribution in [1.82, 2.24) is 0 Å². The maximum Gasteiger partial charge on any atom is 0.334 e. The van der Waals surface area contributed by atoms with Crippen LogP contribution in [-0.4, -0.2) is 69.1 Å². The monoisotopic (exact) mass is 624 g/mol. The van der Waals surface area contributed by atoms with Crippen LogP contribution in [0.4, 0.5) is 0 Å². The first-order valence-electron chi connectivity index (χ1n) is 18.6. The van der Waals surface area contributed by atoms with Gasteiger partial charge in [0.15, 0.2) is 0 Å². The van der Waals surface area contributed by atoms with Crippen LogP contribution in [0.2, 0.25) is 0 Å². The van der Waals surface area contributed by atoms with Crippen molar-refractivity contribution in [2.75, 3.05) is 0 Å². The third-order valence-corrected chi connectivity index (χ3v) is 9.61. The van der Waals surface area contributed by atoms with E-state index in [9.17, 15) is 25.2 Å². The molecule has 2 aliphatic rings. The highest BCUT2D eigenvalue weighted by Gasteiger charge is 2.34. The van der Waals surface area contributed by atoms with Gasteiger partial charge in [0.25, 0.3) is 0 Å². The number of cyclic esters (lactones) is 1. The van der Waals surface area contributed by atoms with Crippen LogP contribution in [0.15, 0.2) is 11.6 Å². The Hall–Kier alpha value is -0.990. The first-order valence-corrected chi connectivity index (χ1v) is 18.6. The summed E-state index contributed by atoms with van der Waals surface area (Å²) in [6.07, 6.45) is 25.3. The molecule has 7 nitrogen and oxygen atoms in total. The second kappa shape index (κ2) is 24.2. The number of aliphatic hydroxyl groups excluding tert-OH is 4. The van der Waals surface area contributed by atoms with Gasteiger partial charge in [-0.15, -0.1) is 0 Å². The first-order chi connectivity index (χ1) is 21.3. The van der Waals surface area contributed by atoms with Crippen molar-refractivity contribution in [2.45, 2.75) is 217 Å². The quantitative estimate of drug-likeness (QED) is 0.0518. The molecule has 0 radical (unpaired) electrons. The summed E-state index contributed by atoms with van der Waals surface area (Å²) in [7, 11) is 0. The molecular formula is C37H68O7. The van der Waals surface area contributed by atoms with Crippen LogP contribution in [0.3, 0.4) is 0 Å². The van der Waals surface area contributed by atoms with Crippen molar-refractivity contribution in [3.8, 4) is 0 Å². The highest BCUT2D eigenvalue weighted by atomic mass is 16.5. The molecule has 2 aliphatic heterocycles. The topological polar surface area (TPSA) is 116 Å².